The lowest BCUT2D eigenvalue weighted by molar-refractivity contribution is 0.181. The summed E-state index contributed by atoms with van der Waals surface area (Å²) in [6.07, 6.45) is 5.43. The Morgan fingerprint density at radius 3 is 2.38 bits per heavy atom. The summed E-state index contributed by atoms with van der Waals surface area (Å²) in [6.45, 7) is 3.04. The quantitative estimate of drug-likeness (QED) is 0.540. The van der Waals surface area contributed by atoms with Crippen molar-refractivity contribution in [3.05, 3.63) is 76.2 Å². The van der Waals surface area contributed by atoms with Gasteiger partial charge in [0.25, 0.3) is 0 Å². The molecule has 0 bridgehead atoms. The second-order valence-corrected chi connectivity index (χ2v) is 10.1. The maximum absolute atomic E-state index is 12.9. The number of imidazole rings is 1. The third-order valence-corrected chi connectivity index (χ3v) is 7.86. The summed E-state index contributed by atoms with van der Waals surface area (Å²) in [4.78, 5) is 6.49. The van der Waals surface area contributed by atoms with Crippen molar-refractivity contribution in [2.75, 3.05) is 26.2 Å². The van der Waals surface area contributed by atoms with Crippen molar-refractivity contribution in [1.29, 1.82) is 0 Å². The first-order valence-corrected chi connectivity index (χ1v) is 11.8. The molecule has 2 heterocycles. The van der Waals surface area contributed by atoms with Crippen LogP contribution in [0, 0.1) is 0 Å². The van der Waals surface area contributed by atoms with E-state index in [0.717, 1.165) is 16.7 Å². The first-order valence-electron chi connectivity index (χ1n) is 9.18. The van der Waals surface area contributed by atoms with Gasteiger partial charge < -0.3 is 4.57 Å². The standard InChI is InChI=1S/C20H20BrClN4O2S/c21-17-3-6-20(19(22)13-17)29(27,28)26-11-9-24(10-12-26)14-16-1-4-18(5-2-16)25-8-7-23-15-25/h1-8,13,15H,9-12,14H2. The minimum Gasteiger partial charge on any atom is -0.306 e. The first-order chi connectivity index (χ1) is 13.9. The van der Waals surface area contributed by atoms with Gasteiger partial charge >= 0.3 is 0 Å². The Balaban J connectivity index is 1.38. The fraction of sp³-hybridized carbons (Fsp3) is 0.250. The molecule has 29 heavy (non-hydrogen) atoms. The lowest BCUT2D eigenvalue weighted by Gasteiger charge is -2.34. The summed E-state index contributed by atoms with van der Waals surface area (Å²) in [5.74, 6) is 0. The Bertz CT molecular complexity index is 1080. The average Bonchev–Trinajstić information content (AvgIpc) is 3.23. The summed E-state index contributed by atoms with van der Waals surface area (Å²) in [5.41, 5.74) is 2.26. The van der Waals surface area contributed by atoms with Crippen LogP contribution in [0.15, 0.2) is 70.6 Å². The Morgan fingerprint density at radius 1 is 1.03 bits per heavy atom. The summed E-state index contributed by atoms with van der Waals surface area (Å²) in [7, 11) is -3.59. The van der Waals surface area contributed by atoms with Crippen molar-refractivity contribution in [2.24, 2.45) is 0 Å². The third kappa shape index (κ3) is 4.57. The van der Waals surface area contributed by atoms with Gasteiger partial charge in [-0.15, -0.1) is 0 Å². The van der Waals surface area contributed by atoms with Crippen LogP contribution in [0.1, 0.15) is 5.56 Å². The Labute approximate surface area is 183 Å². The number of rotatable bonds is 5. The lowest BCUT2D eigenvalue weighted by Crippen LogP contribution is -2.48. The predicted molar refractivity (Wildman–Crippen MR) is 117 cm³/mol. The number of benzene rings is 2. The number of piperazine rings is 1. The summed E-state index contributed by atoms with van der Waals surface area (Å²) in [6, 6.07) is 13.2. The van der Waals surface area contributed by atoms with Gasteiger partial charge in [-0.05, 0) is 35.9 Å². The Morgan fingerprint density at radius 2 is 1.76 bits per heavy atom. The number of nitrogens with zero attached hydrogens (tertiary/aromatic N) is 4. The molecular weight excluding hydrogens is 476 g/mol. The van der Waals surface area contributed by atoms with Gasteiger partial charge in [0.15, 0.2) is 0 Å². The highest BCUT2D eigenvalue weighted by Crippen LogP contribution is 2.28. The number of aromatic nitrogens is 2. The minimum atomic E-state index is -3.59. The van der Waals surface area contributed by atoms with Gasteiger partial charge in [-0.3, -0.25) is 4.90 Å². The molecule has 0 saturated carbocycles. The van der Waals surface area contributed by atoms with Crippen molar-refractivity contribution < 1.29 is 8.42 Å². The van der Waals surface area contributed by atoms with Gasteiger partial charge in [-0.2, -0.15) is 4.31 Å². The molecule has 0 spiro atoms. The molecule has 0 radical (unpaired) electrons. The highest BCUT2D eigenvalue weighted by atomic mass is 79.9. The van der Waals surface area contributed by atoms with Crippen LogP contribution in [0.3, 0.4) is 0 Å². The van der Waals surface area contributed by atoms with E-state index in [2.05, 4.69) is 50.1 Å². The van der Waals surface area contributed by atoms with Crippen LogP contribution in [-0.2, 0) is 16.6 Å². The van der Waals surface area contributed by atoms with E-state index in [4.69, 9.17) is 11.6 Å². The lowest BCUT2D eigenvalue weighted by atomic mass is 10.2. The number of hydrogen-bond donors (Lipinski definition) is 0. The molecule has 0 atom stereocenters. The van der Waals surface area contributed by atoms with Crippen LogP contribution in [0.25, 0.3) is 5.69 Å². The van der Waals surface area contributed by atoms with Crippen LogP contribution in [0.5, 0.6) is 0 Å². The maximum Gasteiger partial charge on any atom is 0.244 e. The number of hydrogen-bond acceptors (Lipinski definition) is 4. The molecule has 4 rings (SSSR count). The molecule has 9 heteroatoms. The fourth-order valence-electron chi connectivity index (χ4n) is 3.40. The van der Waals surface area contributed by atoms with Crippen molar-refractivity contribution in [3.63, 3.8) is 0 Å². The highest BCUT2D eigenvalue weighted by Gasteiger charge is 2.30. The molecule has 1 saturated heterocycles. The zero-order valence-electron chi connectivity index (χ0n) is 15.6. The van der Waals surface area contributed by atoms with E-state index in [1.807, 2.05) is 10.8 Å². The van der Waals surface area contributed by atoms with Crippen LogP contribution in [0.4, 0.5) is 0 Å². The SMILES string of the molecule is O=S(=O)(c1ccc(Br)cc1Cl)N1CCN(Cc2ccc(-n3ccnc3)cc2)CC1. The summed E-state index contributed by atoms with van der Waals surface area (Å²) in [5, 5.41) is 0.236. The molecule has 1 fully saturated rings. The molecule has 0 unspecified atom stereocenters. The molecule has 0 N–H and O–H groups in total. The largest absolute Gasteiger partial charge is 0.306 e. The van der Waals surface area contributed by atoms with E-state index >= 15 is 0 Å². The fourth-order valence-corrected chi connectivity index (χ4v) is 5.83. The van der Waals surface area contributed by atoms with Crippen molar-refractivity contribution in [1.82, 2.24) is 18.8 Å². The summed E-state index contributed by atoms with van der Waals surface area (Å²) >= 11 is 9.48. The van der Waals surface area contributed by atoms with Gasteiger partial charge in [0.05, 0.1) is 11.3 Å². The smallest absolute Gasteiger partial charge is 0.244 e. The van der Waals surface area contributed by atoms with Gasteiger partial charge in [0, 0.05) is 55.3 Å². The molecular formula is C20H20BrClN4O2S. The van der Waals surface area contributed by atoms with E-state index in [9.17, 15) is 8.42 Å². The average molecular weight is 496 g/mol. The van der Waals surface area contributed by atoms with Crippen LogP contribution in [0.2, 0.25) is 5.02 Å². The van der Waals surface area contributed by atoms with E-state index in [1.165, 1.54) is 9.87 Å². The molecule has 1 aromatic heterocycles. The molecule has 1 aliphatic heterocycles. The molecule has 6 nitrogen and oxygen atoms in total. The summed E-state index contributed by atoms with van der Waals surface area (Å²) < 4.78 is 30.1. The normalized spacial score (nSPS) is 16.2. The van der Waals surface area contributed by atoms with E-state index < -0.39 is 10.0 Å². The van der Waals surface area contributed by atoms with E-state index in [-0.39, 0.29) is 9.92 Å². The van der Waals surface area contributed by atoms with E-state index in [0.29, 0.717) is 26.2 Å². The molecule has 1 aliphatic rings. The molecule has 2 aromatic carbocycles. The second kappa shape index (κ2) is 8.57. The van der Waals surface area contributed by atoms with Crippen LogP contribution < -0.4 is 0 Å². The zero-order chi connectivity index (χ0) is 20.4. The Kier molecular flexibility index (Phi) is 6.08. The molecule has 0 amide bonds. The predicted octanol–water partition coefficient (Wildman–Crippen LogP) is 3.79. The minimum absolute atomic E-state index is 0.158. The van der Waals surface area contributed by atoms with Crippen molar-refractivity contribution >= 4 is 37.6 Å². The van der Waals surface area contributed by atoms with Gasteiger partial charge in [-0.1, -0.05) is 39.7 Å². The molecule has 3 aromatic rings. The number of halogens is 2. The second-order valence-electron chi connectivity index (χ2n) is 6.89. The monoisotopic (exact) mass is 494 g/mol. The first kappa shape index (κ1) is 20.6. The molecule has 0 aliphatic carbocycles. The van der Waals surface area contributed by atoms with Crippen molar-refractivity contribution in [3.8, 4) is 5.69 Å². The third-order valence-electron chi connectivity index (χ3n) is 4.99. The number of sulfonamides is 1. The van der Waals surface area contributed by atoms with Gasteiger partial charge in [0.1, 0.15) is 4.90 Å². The zero-order valence-corrected chi connectivity index (χ0v) is 18.7. The maximum atomic E-state index is 12.9. The topological polar surface area (TPSA) is 58.4 Å². The molecule has 152 valence electrons. The van der Waals surface area contributed by atoms with Gasteiger partial charge in [0.2, 0.25) is 10.0 Å². The Hall–Kier alpha value is -1.71. The van der Waals surface area contributed by atoms with Crippen LogP contribution in [-0.4, -0.2) is 53.4 Å². The van der Waals surface area contributed by atoms with Gasteiger partial charge in [-0.25, -0.2) is 13.4 Å². The van der Waals surface area contributed by atoms with Crippen molar-refractivity contribution in [2.45, 2.75) is 11.4 Å². The van der Waals surface area contributed by atoms with E-state index in [1.54, 1.807) is 30.7 Å². The van der Waals surface area contributed by atoms with Crippen LogP contribution >= 0.6 is 27.5 Å². The highest BCUT2D eigenvalue weighted by molar-refractivity contribution is 9.10.